The SMILES string of the molecule is CC(C)(N)CNC(=O)Oc1ccc2c(ccc3c4c(ccc32)C=CC4)c1. The zero-order chi connectivity index (χ0) is 18.3. The van der Waals surface area contributed by atoms with E-state index in [9.17, 15) is 4.79 Å². The van der Waals surface area contributed by atoms with Crippen molar-refractivity contribution in [3.05, 3.63) is 59.7 Å². The molecule has 1 aliphatic rings. The highest BCUT2D eigenvalue weighted by molar-refractivity contribution is 6.09. The quantitative estimate of drug-likeness (QED) is 0.691. The van der Waals surface area contributed by atoms with Crippen molar-refractivity contribution in [2.24, 2.45) is 5.73 Å². The fourth-order valence-electron chi connectivity index (χ4n) is 3.40. The molecular weight excluding hydrogens is 324 g/mol. The average Bonchev–Trinajstić information content (AvgIpc) is 3.08. The average molecular weight is 346 g/mol. The highest BCUT2D eigenvalue weighted by Crippen LogP contribution is 2.34. The van der Waals surface area contributed by atoms with Gasteiger partial charge in [-0.15, -0.1) is 0 Å². The maximum absolute atomic E-state index is 11.9. The molecule has 3 aromatic carbocycles. The molecule has 0 bridgehead atoms. The van der Waals surface area contributed by atoms with E-state index < -0.39 is 11.6 Å². The second-order valence-corrected chi connectivity index (χ2v) is 7.52. The Kier molecular flexibility index (Phi) is 3.93. The number of carbonyl (C=O) groups excluding carboxylic acids is 1. The van der Waals surface area contributed by atoms with Crippen LogP contribution in [0.2, 0.25) is 0 Å². The lowest BCUT2D eigenvalue weighted by molar-refractivity contribution is 0.198. The van der Waals surface area contributed by atoms with E-state index in [1.54, 1.807) is 0 Å². The van der Waals surface area contributed by atoms with Gasteiger partial charge in [-0.05, 0) is 65.1 Å². The summed E-state index contributed by atoms with van der Waals surface area (Å²) in [5.41, 5.74) is 8.08. The van der Waals surface area contributed by atoms with Crippen LogP contribution < -0.4 is 15.8 Å². The lowest BCUT2D eigenvalue weighted by Crippen LogP contribution is -2.45. The molecule has 26 heavy (non-hydrogen) atoms. The zero-order valence-electron chi connectivity index (χ0n) is 15.0. The van der Waals surface area contributed by atoms with E-state index in [1.807, 2.05) is 32.0 Å². The monoisotopic (exact) mass is 346 g/mol. The molecule has 0 fully saturated rings. The molecule has 3 N–H and O–H groups in total. The Morgan fingerprint density at radius 2 is 1.88 bits per heavy atom. The van der Waals surface area contributed by atoms with Gasteiger partial charge in [0.2, 0.25) is 0 Å². The van der Waals surface area contributed by atoms with E-state index in [0.717, 1.165) is 17.2 Å². The smallest absolute Gasteiger partial charge is 0.410 e. The van der Waals surface area contributed by atoms with Crippen LogP contribution in [0.15, 0.2) is 48.5 Å². The van der Waals surface area contributed by atoms with Crippen LogP contribution in [0, 0.1) is 0 Å². The second-order valence-electron chi connectivity index (χ2n) is 7.52. The summed E-state index contributed by atoms with van der Waals surface area (Å²) in [4.78, 5) is 11.9. The Hall–Kier alpha value is -2.85. The summed E-state index contributed by atoms with van der Waals surface area (Å²) in [6, 6.07) is 14.3. The topological polar surface area (TPSA) is 64.3 Å². The molecule has 3 aromatic rings. The molecule has 132 valence electrons. The minimum atomic E-state index is -0.493. The molecule has 0 unspecified atom stereocenters. The number of rotatable bonds is 3. The van der Waals surface area contributed by atoms with Gasteiger partial charge in [0.1, 0.15) is 5.75 Å². The highest BCUT2D eigenvalue weighted by atomic mass is 16.6. The number of nitrogens with two attached hydrogens (primary N) is 1. The summed E-state index contributed by atoms with van der Waals surface area (Å²) in [6.07, 6.45) is 4.87. The Balaban J connectivity index is 1.63. The molecule has 1 amide bonds. The van der Waals surface area contributed by atoms with Crippen LogP contribution in [-0.2, 0) is 6.42 Å². The van der Waals surface area contributed by atoms with Crippen LogP contribution in [0.4, 0.5) is 4.79 Å². The third-order valence-corrected chi connectivity index (χ3v) is 4.65. The number of hydrogen-bond donors (Lipinski definition) is 2. The van der Waals surface area contributed by atoms with Crippen LogP contribution in [0.3, 0.4) is 0 Å². The van der Waals surface area contributed by atoms with E-state index in [-0.39, 0.29) is 0 Å². The van der Waals surface area contributed by atoms with E-state index in [2.05, 4.69) is 41.7 Å². The molecule has 0 radical (unpaired) electrons. The summed E-state index contributed by atoms with van der Waals surface area (Å²) in [5, 5.41) is 7.41. The third-order valence-electron chi connectivity index (χ3n) is 4.65. The molecule has 0 saturated carbocycles. The largest absolute Gasteiger partial charge is 0.412 e. The summed E-state index contributed by atoms with van der Waals surface area (Å²) in [5.74, 6) is 0.520. The fraction of sp³-hybridized carbons (Fsp3) is 0.227. The van der Waals surface area contributed by atoms with Gasteiger partial charge < -0.3 is 15.8 Å². The molecule has 0 aromatic heterocycles. The lowest BCUT2D eigenvalue weighted by atomic mass is 9.96. The maximum Gasteiger partial charge on any atom is 0.412 e. The summed E-state index contributed by atoms with van der Waals surface area (Å²) in [6.45, 7) is 4.05. The Bertz CT molecular complexity index is 1050. The number of allylic oxidation sites excluding steroid dienone is 1. The van der Waals surface area contributed by atoms with Crippen molar-refractivity contribution in [1.29, 1.82) is 0 Å². The molecule has 4 rings (SSSR count). The number of nitrogens with one attached hydrogen (secondary N) is 1. The maximum atomic E-state index is 11.9. The number of ether oxygens (including phenoxy) is 1. The van der Waals surface area contributed by atoms with Gasteiger partial charge in [-0.2, -0.15) is 0 Å². The van der Waals surface area contributed by atoms with Crippen LogP contribution in [0.5, 0.6) is 5.75 Å². The van der Waals surface area contributed by atoms with Crippen molar-refractivity contribution in [3.8, 4) is 5.75 Å². The van der Waals surface area contributed by atoms with Gasteiger partial charge in [-0.1, -0.05) is 42.5 Å². The van der Waals surface area contributed by atoms with Crippen LogP contribution >= 0.6 is 0 Å². The predicted molar refractivity (Wildman–Crippen MR) is 106 cm³/mol. The number of amides is 1. The van der Waals surface area contributed by atoms with Crippen molar-refractivity contribution in [2.75, 3.05) is 6.54 Å². The van der Waals surface area contributed by atoms with Gasteiger partial charge >= 0.3 is 6.09 Å². The zero-order valence-corrected chi connectivity index (χ0v) is 15.0. The minimum Gasteiger partial charge on any atom is -0.410 e. The molecule has 0 saturated heterocycles. The number of fused-ring (bicyclic) bond motifs is 5. The Labute approximate surface area is 152 Å². The molecule has 0 spiro atoms. The number of carbonyl (C=O) groups is 1. The van der Waals surface area contributed by atoms with Crippen molar-refractivity contribution in [3.63, 3.8) is 0 Å². The van der Waals surface area contributed by atoms with Crippen molar-refractivity contribution in [2.45, 2.75) is 25.8 Å². The summed E-state index contributed by atoms with van der Waals surface area (Å²) in [7, 11) is 0. The Morgan fingerprint density at radius 1 is 1.12 bits per heavy atom. The molecule has 1 aliphatic carbocycles. The van der Waals surface area contributed by atoms with Gasteiger partial charge in [0, 0.05) is 12.1 Å². The lowest BCUT2D eigenvalue weighted by Gasteiger charge is -2.18. The number of hydrogen-bond acceptors (Lipinski definition) is 3. The molecule has 0 heterocycles. The van der Waals surface area contributed by atoms with Crippen molar-refractivity contribution in [1.82, 2.24) is 5.32 Å². The summed E-state index contributed by atoms with van der Waals surface area (Å²) >= 11 is 0. The van der Waals surface area contributed by atoms with Gasteiger partial charge in [0.15, 0.2) is 0 Å². The molecular formula is C22H22N2O2. The first-order chi connectivity index (χ1) is 12.4. The van der Waals surface area contributed by atoms with Crippen molar-refractivity contribution >= 4 is 33.7 Å². The number of benzene rings is 3. The molecule has 0 aliphatic heterocycles. The Morgan fingerprint density at radius 3 is 2.69 bits per heavy atom. The summed E-state index contributed by atoms with van der Waals surface area (Å²) < 4.78 is 5.39. The normalized spacial score (nSPS) is 13.2. The predicted octanol–water partition coefficient (Wildman–Crippen LogP) is 4.39. The minimum absolute atomic E-state index is 0.350. The van der Waals surface area contributed by atoms with E-state index in [4.69, 9.17) is 10.5 Å². The second kappa shape index (κ2) is 6.15. The van der Waals surface area contributed by atoms with Crippen LogP contribution in [0.1, 0.15) is 25.0 Å². The van der Waals surface area contributed by atoms with Gasteiger partial charge in [0.05, 0.1) is 0 Å². The first-order valence-corrected chi connectivity index (χ1v) is 8.80. The van der Waals surface area contributed by atoms with E-state index >= 15 is 0 Å². The first-order valence-electron chi connectivity index (χ1n) is 8.80. The first kappa shape index (κ1) is 16.6. The van der Waals surface area contributed by atoms with Gasteiger partial charge in [-0.25, -0.2) is 4.79 Å². The highest BCUT2D eigenvalue weighted by Gasteiger charge is 2.14. The standard InChI is InChI=1S/C22H22N2O2/c1-22(2,23)13-24-21(25)26-16-8-11-18-15(12-16)7-10-19-17-5-3-4-14(17)6-9-20(18)19/h3-4,6-12H,5,13,23H2,1-2H3,(H,24,25). The van der Waals surface area contributed by atoms with E-state index in [0.29, 0.717) is 12.3 Å². The molecule has 4 nitrogen and oxygen atoms in total. The van der Waals surface area contributed by atoms with E-state index in [1.165, 1.54) is 21.9 Å². The van der Waals surface area contributed by atoms with Crippen LogP contribution in [-0.4, -0.2) is 18.2 Å². The van der Waals surface area contributed by atoms with Gasteiger partial charge in [0.25, 0.3) is 0 Å². The van der Waals surface area contributed by atoms with Crippen LogP contribution in [0.25, 0.3) is 27.6 Å². The molecule has 4 heteroatoms. The third kappa shape index (κ3) is 3.16. The van der Waals surface area contributed by atoms with Gasteiger partial charge in [-0.3, -0.25) is 0 Å². The van der Waals surface area contributed by atoms with Crippen molar-refractivity contribution < 1.29 is 9.53 Å². The fourth-order valence-corrected chi connectivity index (χ4v) is 3.40. The molecule has 0 atom stereocenters.